The van der Waals surface area contributed by atoms with Gasteiger partial charge in [0.15, 0.2) is 0 Å². The number of amides is 3. The smallest absolute Gasteiger partial charge is 0.275 e. The van der Waals surface area contributed by atoms with Crippen molar-refractivity contribution in [2.24, 2.45) is 16.9 Å². The molecule has 1 aliphatic carbocycles. The number of para-hydroxylation sites is 1. The molecule has 1 saturated heterocycles. The number of aromatic hydroxyl groups is 1. The predicted octanol–water partition coefficient (Wildman–Crippen LogP) is 3.23. The quantitative estimate of drug-likeness (QED) is 0.463. The van der Waals surface area contributed by atoms with Gasteiger partial charge in [-0.25, -0.2) is 5.43 Å². The van der Waals surface area contributed by atoms with E-state index in [2.05, 4.69) is 10.5 Å². The van der Waals surface area contributed by atoms with Gasteiger partial charge in [0.2, 0.25) is 11.8 Å². The number of rotatable bonds is 4. The Labute approximate surface area is 174 Å². The van der Waals surface area contributed by atoms with E-state index in [-0.39, 0.29) is 35.0 Å². The van der Waals surface area contributed by atoms with Crippen LogP contribution in [-0.2, 0) is 9.59 Å². The summed E-state index contributed by atoms with van der Waals surface area (Å²) in [5.41, 5.74) is 4.42. The number of phenols is 1. The van der Waals surface area contributed by atoms with Crippen molar-refractivity contribution in [3.05, 3.63) is 59.7 Å². The molecule has 0 aromatic heterocycles. The van der Waals surface area contributed by atoms with Gasteiger partial charge in [0.25, 0.3) is 5.91 Å². The summed E-state index contributed by atoms with van der Waals surface area (Å²) in [6.07, 6.45) is 3.56. The van der Waals surface area contributed by atoms with Crippen molar-refractivity contribution in [1.82, 2.24) is 5.43 Å². The summed E-state index contributed by atoms with van der Waals surface area (Å²) in [5.74, 6) is -1.19. The minimum atomic E-state index is -0.514. The van der Waals surface area contributed by atoms with Crippen molar-refractivity contribution in [1.29, 1.82) is 0 Å². The first kappa shape index (κ1) is 19.8. The zero-order chi connectivity index (χ0) is 21.3. The Morgan fingerprint density at radius 3 is 2.20 bits per heavy atom. The third kappa shape index (κ3) is 3.58. The molecule has 7 heteroatoms. The van der Waals surface area contributed by atoms with E-state index in [1.165, 1.54) is 17.0 Å². The second kappa shape index (κ2) is 8.10. The Morgan fingerprint density at radius 2 is 1.60 bits per heavy atom. The number of hydrazone groups is 1. The number of fused-ring (bicyclic) bond motifs is 1. The molecule has 4 rings (SSSR count). The van der Waals surface area contributed by atoms with Gasteiger partial charge in [0, 0.05) is 0 Å². The minimum Gasteiger partial charge on any atom is -0.507 e. The second-order valence-corrected chi connectivity index (χ2v) is 7.71. The van der Waals surface area contributed by atoms with Crippen molar-refractivity contribution >= 4 is 29.1 Å². The molecule has 0 spiro atoms. The van der Waals surface area contributed by atoms with Gasteiger partial charge in [-0.3, -0.25) is 19.3 Å². The van der Waals surface area contributed by atoms with Crippen molar-refractivity contribution in [2.75, 3.05) is 4.90 Å². The van der Waals surface area contributed by atoms with E-state index >= 15 is 0 Å². The van der Waals surface area contributed by atoms with Crippen molar-refractivity contribution < 1.29 is 19.5 Å². The normalized spacial score (nSPS) is 21.5. The number of phenolic OH excluding ortho intramolecular Hbond substituents is 1. The van der Waals surface area contributed by atoms with Gasteiger partial charge >= 0.3 is 0 Å². The Hall–Kier alpha value is -3.48. The highest BCUT2D eigenvalue weighted by molar-refractivity contribution is 6.22. The lowest BCUT2D eigenvalue weighted by molar-refractivity contribution is -0.122. The van der Waals surface area contributed by atoms with Crippen LogP contribution in [0.1, 0.15) is 48.5 Å². The average molecular weight is 405 g/mol. The Kier molecular flexibility index (Phi) is 5.35. The van der Waals surface area contributed by atoms with Crippen LogP contribution in [0, 0.1) is 11.8 Å². The average Bonchev–Trinajstić information content (AvgIpc) is 3.02. The zero-order valence-electron chi connectivity index (χ0n) is 16.7. The lowest BCUT2D eigenvalue weighted by Gasteiger charge is -2.19. The second-order valence-electron chi connectivity index (χ2n) is 7.71. The maximum absolute atomic E-state index is 12.7. The van der Waals surface area contributed by atoms with Crippen LogP contribution in [0.15, 0.2) is 53.6 Å². The Balaban J connectivity index is 1.47. The molecule has 7 nitrogen and oxygen atoms in total. The van der Waals surface area contributed by atoms with Gasteiger partial charge in [-0.1, -0.05) is 37.1 Å². The first-order chi connectivity index (χ1) is 14.5. The molecule has 30 heavy (non-hydrogen) atoms. The zero-order valence-corrected chi connectivity index (χ0v) is 16.7. The third-order valence-corrected chi connectivity index (χ3v) is 5.86. The van der Waals surface area contributed by atoms with E-state index in [1.807, 2.05) is 0 Å². The Bertz CT molecular complexity index is 1000. The Morgan fingerprint density at radius 1 is 1.00 bits per heavy atom. The SMILES string of the molecule is C/C(=N\NC(=O)c1ccccc1O)c1ccc(N2C(=O)[C@@H]3CCCC[C@H]3C2=O)cc1. The van der Waals surface area contributed by atoms with Gasteiger partial charge in [0.05, 0.1) is 28.8 Å². The number of hydrogen-bond acceptors (Lipinski definition) is 5. The topological polar surface area (TPSA) is 99.1 Å². The van der Waals surface area contributed by atoms with E-state index in [0.717, 1.165) is 31.2 Å². The summed E-state index contributed by atoms with van der Waals surface area (Å²) >= 11 is 0. The fourth-order valence-corrected chi connectivity index (χ4v) is 4.19. The molecule has 154 valence electrons. The van der Waals surface area contributed by atoms with Crippen LogP contribution in [0.25, 0.3) is 0 Å². The van der Waals surface area contributed by atoms with Crippen LogP contribution in [-0.4, -0.2) is 28.5 Å². The van der Waals surface area contributed by atoms with Gasteiger partial charge in [0.1, 0.15) is 5.75 Å². The lowest BCUT2D eigenvalue weighted by Crippen LogP contribution is -2.30. The highest BCUT2D eigenvalue weighted by atomic mass is 16.3. The van der Waals surface area contributed by atoms with Crippen LogP contribution in [0.4, 0.5) is 5.69 Å². The highest BCUT2D eigenvalue weighted by Gasteiger charge is 2.48. The fourth-order valence-electron chi connectivity index (χ4n) is 4.19. The minimum absolute atomic E-state index is 0.0993. The lowest BCUT2D eigenvalue weighted by atomic mass is 9.81. The van der Waals surface area contributed by atoms with Crippen molar-refractivity contribution in [3.8, 4) is 5.75 Å². The number of carbonyl (C=O) groups excluding carboxylic acids is 3. The predicted molar refractivity (Wildman–Crippen MR) is 112 cm³/mol. The maximum atomic E-state index is 12.7. The fraction of sp³-hybridized carbons (Fsp3) is 0.304. The highest BCUT2D eigenvalue weighted by Crippen LogP contribution is 2.40. The largest absolute Gasteiger partial charge is 0.507 e. The summed E-state index contributed by atoms with van der Waals surface area (Å²) in [7, 11) is 0. The van der Waals surface area contributed by atoms with Crippen LogP contribution in [0.3, 0.4) is 0 Å². The molecule has 2 aromatic rings. The van der Waals surface area contributed by atoms with Crippen LogP contribution < -0.4 is 10.3 Å². The summed E-state index contributed by atoms with van der Waals surface area (Å²) in [6, 6.07) is 13.2. The number of benzene rings is 2. The summed E-state index contributed by atoms with van der Waals surface area (Å²) < 4.78 is 0. The molecule has 2 N–H and O–H groups in total. The first-order valence-corrected chi connectivity index (χ1v) is 10.1. The van der Waals surface area contributed by atoms with Crippen LogP contribution in [0.2, 0.25) is 0 Å². The molecule has 2 fully saturated rings. The third-order valence-electron chi connectivity index (χ3n) is 5.86. The number of anilines is 1. The molecule has 2 aliphatic rings. The van der Waals surface area contributed by atoms with Crippen molar-refractivity contribution in [2.45, 2.75) is 32.6 Å². The van der Waals surface area contributed by atoms with Crippen molar-refractivity contribution in [3.63, 3.8) is 0 Å². The number of nitrogens with one attached hydrogen (secondary N) is 1. The molecule has 0 radical (unpaired) electrons. The number of nitrogens with zero attached hydrogens (tertiary/aromatic N) is 2. The number of carbonyl (C=O) groups is 3. The summed E-state index contributed by atoms with van der Waals surface area (Å²) in [6.45, 7) is 1.74. The molecule has 0 bridgehead atoms. The molecular formula is C23H23N3O4. The van der Waals surface area contributed by atoms with Gasteiger partial charge in [-0.05, 0) is 49.6 Å². The molecule has 3 amide bonds. The summed E-state index contributed by atoms with van der Waals surface area (Å²) in [5, 5.41) is 13.8. The molecular weight excluding hydrogens is 382 g/mol. The molecule has 1 aliphatic heterocycles. The van der Waals surface area contributed by atoms with E-state index in [9.17, 15) is 19.5 Å². The van der Waals surface area contributed by atoms with Crippen LogP contribution >= 0.6 is 0 Å². The molecule has 0 unspecified atom stereocenters. The van der Waals surface area contributed by atoms with Gasteiger partial charge in [-0.2, -0.15) is 5.10 Å². The van der Waals surface area contributed by atoms with E-state index in [4.69, 9.17) is 0 Å². The standard InChI is InChI=1S/C23H23N3O4/c1-14(24-25-21(28)19-8-4-5-9-20(19)27)15-10-12-16(13-11-15)26-22(29)17-6-2-3-7-18(17)23(26)30/h4-5,8-13,17-18,27H,2-3,6-7H2,1H3,(H,25,28)/b24-14+/t17-,18-/m1/s1. The first-order valence-electron chi connectivity index (χ1n) is 10.1. The molecule has 2 atom stereocenters. The van der Waals surface area contributed by atoms with E-state index < -0.39 is 5.91 Å². The molecule has 2 aromatic carbocycles. The van der Waals surface area contributed by atoms with E-state index in [1.54, 1.807) is 43.3 Å². The number of hydrogen-bond donors (Lipinski definition) is 2. The van der Waals surface area contributed by atoms with E-state index in [0.29, 0.717) is 11.4 Å². The monoisotopic (exact) mass is 405 g/mol. The molecule has 1 saturated carbocycles. The summed E-state index contributed by atoms with van der Waals surface area (Å²) in [4.78, 5) is 38.9. The maximum Gasteiger partial charge on any atom is 0.275 e. The number of imide groups is 1. The van der Waals surface area contributed by atoms with Gasteiger partial charge in [-0.15, -0.1) is 0 Å². The molecule has 1 heterocycles. The van der Waals surface area contributed by atoms with Gasteiger partial charge < -0.3 is 5.11 Å². The van der Waals surface area contributed by atoms with Crippen LogP contribution in [0.5, 0.6) is 5.75 Å².